The van der Waals surface area contributed by atoms with E-state index in [1.54, 1.807) is 24.3 Å². The normalized spacial score (nSPS) is 13.3. The minimum absolute atomic E-state index is 0.0386. The zero-order valence-corrected chi connectivity index (χ0v) is 23.1. The standard InChI is InChI=1S/C27H27N2O7PS/c1-29(2,3)12-11-28-26(38)16-5-8-19(27(31)32)22(13-16)25-20-9-6-17(30)14-23(20)35-24-15-18(7-10-21(24)25)36-37(4,33)34/h5-10,13-15H,11-12H2,1-4H3,(H2-,28,31,32,33,34,38)/p+1. The van der Waals surface area contributed by atoms with Gasteiger partial charge in [0.2, 0.25) is 0 Å². The number of fused-ring (bicyclic) bond motifs is 2. The number of aromatic carboxylic acids is 1. The van der Waals surface area contributed by atoms with Crippen molar-refractivity contribution in [3.05, 3.63) is 75.9 Å². The van der Waals surface area contributed by atoms with E-state index in [1.807, 2.05) is 0 Å². The van der Waals surface area contributed by atoms with Crippen LogP contribution in [0.4, 0.5) is 0 Å². The predicted molar refractivity (Wildman–Crippen MR) is 150 cm³/mol. The molecular weight excluding hydrogens is 527 g/mol. The van der Waals surface area contributed by atoms with Crippen molar-refractivity contribution in [1.29, 1.82) is 0 Å². The molecule has 0 amide bonds. The van der Waals surface area contributed by atoms with E-state index in [0.29, 0.717) is 39.2 Å². The fourth-order valence-electron chi connectivity index (χ4n) is 4.08. The Morgan fingerprint density at radius 2 is 1.82 bits per heavy atom. The highest BCUT2D eigenvalue weighted by atomic mass is 32.1. The van der Waals surface area contributed by atoms with Crippen molar-refractivity contribution in [2.24, 2.45) is 0 Å². The third kappa shape index (κ3) is 6.28. The van der Waals surface area contributed by atoms with Crippen LogP contribution in [0.15, 0.2) is 63.8 Å². The number of likely N-dealkylation sites (N-methyl/N-ethyl adjacent to an activating group) is 1. The third-order valence-corrected chi connectivity index (χ3v) is 6.72. The zero-order valence-electron chi connectivity index (χ0n) is 21.3. The minimum atomic E-state index is -3.84. The highest BCUT2D eigenvalue weighted by Gasteiger charge is 2.23. The van der Waals surface area contributed by atoms with Gasteiger partial charge in [-0.25, -0.2) is 9.36 Å². The van der Waals surface area contributed by atoms with Gasteiger partial charge in [-0.1, -0.05) is 18.3 Å². The molecule has 0 spiro atoms. The Kier molecular flexibility index (Phi) is 7.45. The van der Waals surface area contributed by atoms with Crippen molar-refractivity contribution < 1.29 is 32.8 Å². The van der Waals surface area contributed by atoms with E-state index in [9.17, 15) is 24.2 Å². The Morgan fingerprint density at radius 1 is 1.08 bits per heavy atom. The summed E-state index contributed by atoms with van der Waals surface area (Å²) in [7, 11) is 2.38. The van der Waals surface area contributed by atoms with E-state index in [1.165, 1.54) is 30.3 Å². The van der Waals surface area contributed by atoms with Crippen molar-refractivity contribution in [2.75, 3.05) is 40.9 Å². The second kappa shape index (κ2) is 10.3. The van der Waals surface area contributed by atoms with Gasteiger partial charge in [0.05, 0.1) is 39.8 Å². The smallest absolute Gasteiger partial charge is 0.373 e. The van der Waals surface area contributed by atoms with Gasteiger partial charge >= 0.3 is 13.6 Å². The molecule has 2 aromatic rings. The first kappa shape index (κ1) is 27.5. The summed E-state index contributed by atoms with van der Waals surface area (Å²) < 4.78 is 23.6. The molecule has 0 saturated carbocycles. The fraction of sp³-hybridized carbons (Fsp3) is 0.222. The summed E-state index contributed by atoms with van der Waals surface area (Å²) in [6, 6.07) is 13.7. The summed E-state index contributed by atoms with van der Waals surface area (Å²) in [6.07, 6.45) is 0. The summed E-state index contributed by atoms with van der Waals surface area (Å²) in [6.45, 7) is 2.53. The average Bonchev–Trinajstić information content (AvgIpc) is 2.80. The van der Waals surface area contributed by atoms with Crippen molar-refractivity contribution in [1.82, 2.24) is 5.32 Å². The monoisotopic (exact) mass is 555 g/mol. The molecule has 1 atom stereocenters. The third-order valence-electron chi connectivity index (χ3n) is 5.79. The topological polar surface area (TPSA) is 126 Å². The molecule has 2 aliphatic rings. The van der Waals surface area contributed by atoms with Crippen LogP contribution in [0.2, 0.25) is 0 Å². The van der Waals surface area contributed by atoms with Gasteiger partial charge in [0.25, 0.3) is 0 Å². The maximum absolute atomic E-state index is 12.3. The molecule has 0 radical (unpaired) electrons. The molecule has 0 fully saturated rings. The molecule has 4 rings (SSSR count). The lowest BCUT2D eigenvalue weighted by molar-refractivity contribution is -0.869. The van der Waals surface area contributed by atoms with Gasteiger partial charge in [-0.05, 0) is 42.0 Å². The first-order valence-electron chi connectivity index (χ1n) is 11.7. The largest absolute Gasteiger partial charge is 0.478 e. The number of quaternary nitrogens is 1. The van der Waals surface area contributed by atoms with Crippen molar-refractivity contribution in [3.8, 4) is 28.2 Å². The number of rotatable bonds is 8. The molecule has 38 heavy (non-hydrogen) atoms. The van der Waals surface area contributed by atoms with Crippen LogP contribution in [0.5, 0.6) is 5.75 Å². The number of hydrogen-bond acceptors (Lipinski definition) is 6. The number of hydrogen-bond donors (Lipinski definition) is 3. The van der Waals surface area contributed by atoms with Crippen LogP contribution in [0, 0.1) is 0 Å². The summed E-state index contributed by atoms with van der Waals surface area (Å²) in [5, 5.41) is 13.8. The predicted octanol–water partition coefficient (Wildman–Crippen LogP) is 4.43. The van der Waals surface area contributed by atoms with Gasteiger partial charge in [-0.15, -0.1) is 0 Å². The molecule has 0 aromatic heterocycles. The zero-order chi connectivity index (χ0) is 27.8. The quantitative estimate of drug-likeness (QED) is 0.125. The van der Waals surface area contributed by atoms with Gasteiger partial charge in [0.15, 0.2) is 5.43 Å². The van der Waals surface area contributed by atoms with Gasteiger partial charge in [0.1, 0.15) is 22.1 Å². The summed E-state index contributed by atoms with van der Waals surface area (Å²) >= 11 is 5.61. The molecule has 1 aliphatic carbocycles. The lowest BCUT2D eigenvalue weighted by atomic mass is 9.89. The Bertz CT molecular complexity index is 1640. The molecule has 9 nitrogen and oxygen atoms in total. The van der Waals surface area contributed by atoms with Crippen LogP contribution in [-0.4, -0.2) is 66.3 Å². The molecule has 1 unspecified atom stereocenters. The van der Waals surface area contributed by atoms with Crippen molar-refractivity contribution >= 4 is 41.7 Å². The number of benzene rings is 3. The maximum Gasteiger partial charge on any atom is 0.373 e. The first-order valence-corrected chi connectivity index (χ1v) is 14.1. The second-order valence-corrected chi connectivity index (χ2v) is 12.2. The van der Waals surface area contributed by atoms with Crippen LogP contribution < -0.4 is 15.3 Å². The number of carbonyl (C=O) groups is 1. The van der Waals surface area contributed by atoms with Crippen LogP contribution in [0.3, 0.4) is 0 Å². The van der Waals surface area contributed by atoms with E-state index >= 15 is 0 Å². The van der Waals surface area contributed by atoms with E-state index in [0.717, 1.165) is 17.7 Å². The lowest BCUT2D eigenvalue weighted by Crippen LogP contribution is -2.41. The van der Waals surface area contributed by atoms with Gasteiger partial charge < -0.3 is 28.7 Å². The van der Waals surface area contributed by atoms with E-state index < -0.39 is 13.6 Å². The van der Waals surface area contributed by atoms with Crippen LogP contribution in [0.25, 0.3) is 33.4 Å². The number of nitrogens with one attached hydrogen (secondary N) is 1. The van der Waals surface area contributed by atoms with Crippen molar-refractivity contribution in [2.45, 2.75) is 0 Å². The fourth-order valence-corrected chi connectivity index (χ4v) is 4.81. The van der Waals surface area contributed by atoms with E-state index in [2.05, 4.69) is 26.5 Å². The molecular formula is C27H28N2O7PS+. The van der Waals surface area contributed by atoms with Crippen LogP contribution in [0.1, 0.15) is 15.9 Å². The Hall–Kier alpha value is -3.56. The minimum Gasteiger partial charge on any atom is -0.478 e. The van der Waals surface area contributed by atoms with Crippen LogP contribution in [-0.2, 0) is 4.57 Å². The van der Waals surface area contributed by atoms with Gasteiger partial charge in [-0.3, -0.25) is 4.79 Å². The Labute approximate surface area is 224 Å². The molecule has 0 saturated heterocycles. The van der Waals surface area contributed by atoms with E-state index in [-0.39, 0.29) is 28.1 Å². The van der Waals surface area contributed by atoms with E-state index in [4.69, 9.17) is 21.2 Å². The molecule has 198 valence electrons. The van der Waals surface area contributed by atoms with Gasteiger partial charge in [0, 0.05) is 40.9 Å². The number of nitrogens with zero attached hydrogens (tertiary/aromatic N) is 1. The highest BCUT2D eigenvalue weighted by molar-refractivity contribution is 7.80. The molecule has 11 heteroatoms. The van der Waals surface area contributed by atoms with Crippen molar-refractivity contribution in [3.63, 3.8) is 0 Å². The summed E-state index contributed by atoms with van der Waals surface area (Å²) in [5.41, 5.74) is 2.05. The molecule has 2 aromatic carbocycles. The highest BCUT2D eigenvalue weighted by Crippen LogP contribution is 2.44. The summed E-state index contributed by atoms with van der Waals surface area (Å²) in [5.74, 6) is -0.815. The number of thiocarbonyl (C=S) groups is 1. The summed E-state index contributed by atoms with van der Waals surface area (Å²) in [4.78, 5) is 34.6. The second-order valence-electron chi connectivity index (χ2n) is 10.0. The van der Waals surface area contributed by atoms with Gasteiger partial charge in [-0.2, -0.15) is 0 Å². The number of carboxylic acids is 1. The lowest BCUT2D eigenvalue weighted by Gasteiger charge is -2.24. The molecule has 1 aliphatic heterocycles. The molecule has 0 bridgehead atoms. The number of carboxylic acid groups (broad SMARTS) is 1. The average molecular weight is 556 g/mol. The molecule has 1 heterocycles. The first-order chi connectivity index (χ1) is 17.7. The Morgan fingerprint density at radius 3 is 2.47 bits per heavy atom. The SMILES string of the molecule is C[N+](C)(C)CCNC(=S)c1ccc(C(=O)O)c(-c2c3ccc(=O)cc-3oc3cc(OP(C)(=O)O)ccc23)c1. The molecule has 3 N–H and O–H groups in total. The van der Waals surface area contributed by atoms with Crippen LogP contribution >= 0.6 is 19.8 Å². The maximum atomic E-state index is 12.3. The Balaban J connectivity index is 1.93.